The molecule has 4 aromatic rings. The van der Waals surface area contributed by atoms with E-state index in [9.17, 15) is 9.18 Å². The van der Waals surface area contributed by atoms with E-state index in [1.54, 1.807) is 12.1 Å². The number of hydrogen-bond donors (Lipinski definition) is 2. The van der Waals surface area contributed by atoms with Crippen molar-refractivity contribution in [2.75, 3.05) is 5.32 Å². The molecule has 0 radical (unpaired) electrons. The van der Waals surface area contributed by atoms with Gasteiger partial charge in [0.2, 0.25) is 0 Å². The average Bonchev–Trinajstić information content (AvgIpc) is 3.26. The largest absolute Gasteiger partial charge is 0.328 e. The summed E-state index contributed by atoms with van der Waals surface area (Å²) in [5, 5.41) is 16.0. The Kier molecular flexibility index (Phi) is 7.96. The third-order valence-corrected chi connectivity index (χ3v) is 7.04. The highest BCUT2D eigenvalue weighted by Crippen LogP contribution is 2.30. The number of nitrogens with zero attached hydrogens (tertiary/aromatic N) is 3. The molecule has 6 nitrogen and oxygen atoms in total. The normalized spacial score (nSPS) is 11.8. The van der Waals surface area contributed by atoms with Crippen LogP contribution in [0.3, 0.4) is 0 Å². The van der Waals surface area contributed by atoms with Gasteiger partial charge in [0.25, 0.3) is 0 Å². The van der Waals surface area contributed by atoms with Gasteiger partial charge < -0.3 is 10.6 Å². The fourth-order valence-electron chi connectivity index (χ4n) is 3.86. The molecule has 186 valence electrons. The number of carbonyl (C=O) groups is 1. The Morgan fingerprint density at radius 3 is 2.42 bits per heavy atom. The molecule has 0 aliphatic rings. The quantitative estimate of drug-likeness (QED) is 0.252. The first-order valence-corrected chi connectivity index (χ1v) is 12.8. The summed E-state index contributed by atoms with van der Waals surface area (Å²) in [5.74, 6) is 0.869. The number of rotatable bonds is 7. The number of aryl methyl sites for hydroxylation is 3. The van der Waals surface area contributed by atoms with E-state index >= 15 is 0 Å². The number of carbonyl (C=O) groups excluding carboxylic acids is 1. The molecule has 0 aliphatic heterocycles. The molecule has 2 amide bonds. The zero-order valence-corrected chi connectivity index (χ0v) is 22.0. The second-order valence-electron chi connectivity index (χ2n) is 8.61. The van der Waals surface area contributed by atoms with Crippen LogP contribution in [-0.2, 0) is 5.75 Å². The summed E-state index contributed by atoms with van der Waals surface area (Å²) >= 11 is 7.81. The maximum Gasteiger partial charge on any atom is 0.319 e. The fourth-order valence-corrected chi connectivity index (χ4v) is 4.93. The summed E-state index contributed by atoms with van der Waals surface area (Å²) in [6.07, 6.45) is 0. The van der Waals surface area contributed by atoms with E-state index < -0.39 is 6.04 Å². The molecule has 0 spiro atoms. The van der Waals surface area contributed by atoms with Gasteiger partial charge in [-0.25, -0.2) is 9.18 Å². The highest BCUT2D eigenvalue weighted by molar-refractivity contribution is 7.98. The van der Waals surface area contributed by atoms with Gasteiger partial charge in [0.15, 0.2) is 11.0 Å². The third kappa shape index (κ3) is 5.88. The highest BCUT2D eigenvalue weighted by atomic mass is 35.5. The van der Waals surface area contributed by atoms with Gasteiger partial charge in [-0.1, -0.05) is 59.8 Å². The van der Waals surface area contributed by atoms with Crippen molar-refractivity contribution < 1.29 is 9.18 Å². The molecule has 2 N–H and O–H groups in total. The average molecular weight is 524 g/mol. The van der Waals surface area contributed by atoms with Crippen LogP contribution >= 0.6 is 23.4 Å². The molecule has 0 bridgehead atoms. The molecule has 0 saturated heterocycles. The number of amides is 2. The standard InChI is InChI=1S/C27H27ClFN5OS/c1-16-8-11-21(28)14-23(16)34-25(32-33-27(34)36-15-20-9-12-22(29)13-10-20)19(4)30-26(35)31-24-17(2)6-5-7-18(24)3/h5-14,19H,15H2,1-4H3,(H2,30,31,35). The van der Waals surface area contributed by atoms with E-state index in [0.29, 0.717) is 21.8 Å². The van der Waals surface area contributed by atoms with Gasteiger partial charge in [0.1, 0.15) is 5.82 Å². The Balaban J connectivity index is 1.62. The minimum Gasteiger partial charge on any atom is -0.328 e. The van der Waals surface area contributed by atoms with Crippen molar-refractivity contribution in [2.45, 2.75) is 44.6 Å². The lowest BCUT2D eigenvalue weighted by Gasteiger charge is -2.19. The maximum absolute atomic E-state index is 13.3. The summed E-state index contributed by atoms with van der Waals surface area (Å²) in [5.41, 5.74) is 5.51. The van der Waals surface area contributed by atoms with Crippen molar-refractivity contribution in [3.63, 3.8) is 0 Å². The Hall–Kier alpha value is -3.36. The summed E-state index contributed by atoms with van der Waals surface area (Å²) in [6.45, 7) is 7.75. The Morgan fingerprint density at radius 2 is 1.72 bits per heavy atom. The molecule has 1 unspecified atom stereocenters. The first-order chi connectivity index (χ1) is 17.2. The van der Waals surface area contributed by atoms with Gasteiger partial charge in [-0.15, -0.1) is 10.2 Å². The highest BCUT2D eigenvalue weighted by Gasteiger charge is 2.23. The number of halogens is 2. The second kappa shape index (κ2) is 11.1. The van der Waals surface area contributed by atoms with Crippen molar-refractivity contribution >= 4 is 35.1 Å². The summed E-state index contributed by atoms with van der Waals surface area (Å²) in [7, 11) is 0. The smallest absolute Gasteiger partial charge is 0.319 e. The predicted molar refractivity (Wildman–Crippen MR) is 144 cm³/mol. The number of urea groups is 1. The first kappa shape index (κ1) is 25.7. The summed E-state index contributed by atoms with van der Waals surface area (Å²) in [6, 6.07) is 17.1. The van der Waals surface area contributed by atoms with Gasteiger partial charge in [-0.05, 0) is 74.2 Å². The Bertz CT molecular complexity index is 1370. The SMILES string of the molecule is Cc1ccc(Cl)cc1-n1c(SCc2ccc(F)cc2)nnc1C(C)NC(=O)Nc1c(C)cccc1C. The van der Waals surface area contributed by atoms with Gasteiger partial charge in [0, 0.05) is 16.5 Å². The summed E-state index contributed by atoms with van der Waals surface area (Å²) < 4.78 is 15.2. The van der Waals surface area contributed by atoms with E-state index in [4.69, 9.17) is 11.6 Å². The minimum atomic E-state index is -0.458. The van der Waals surface area contributed by atoms with Crippen molar-refractivity contribution in [1.82, 2.24) is 20.1 Å². The topological polar surface area (TPSA) is 71.8 Å². The molecule has 36 heavy (non-hydrogen) atoms. The molecule has 1 aromatic heterocycles. The number of benzene rings is 3. The number of nitrogens with one attached hydrogen (secondary N) is 2. The molecule has 9 heteroatoms. The molecular formula is C27H27ClFN5OS. The van der Waals surface area contributed by atoms with Crippen LogP contribution in [0.2, 0.25) is 5.02 Å². The Labute approximate surface area is 219 Å². The molecule has 1 heterocycles. The monoisotopic (exact) mass is 523 g/mol. The molecule has 4 rings (SSSR count). The fraction of sp³-hybridized carbons (Fsp3) is 0.222. The van der Waals surface area contributed by atoms with E-state index in [0.717, 1.165) is 33.6 Å². The lowest BCUT2D eigenvalue weighted by atomic mass is 10.1. The van der Waals surface area contributed by atoms with Crippen LogP contribution in [0.5, 0.6) is 0 Å². The first-order valence-electron chi connectivity index (χ1n) is 11.5. The maximum atomic E-state index is 13.3. The molecule has 1 atom stereocenters. The third-order valence-electron chi connectivity index (χ3n) is 5.81. The Morgan fingerprint density at radius 1 is 1.03 bits per heavy atom. The number of aromatic nitrogens is 3. The van der Waals surface area contributed by atoms with E-state index in [1.807, 2.05) is 68.7 Å². The zero-order chi connectivity index (χ0) is 25.8. The van der Waals surface area contributed by atoms with Crippen LogP contribution in [-0.4, -0.2) is 20.8 Å². The second-order valence-corrected chi connectivity index (χ2v) is 9.99. The van der Waals surface area contributed by atoms with Gasteiger partial charge in [0.05, 0.1) is 11.7 Å². The van der Waals surface area contributed by atoms with Crippen LogP contribution in [0.15, 0.2) is 65.8 Å². The molecule has 3 aromatic carbocycles. The molecule has 0 fully saturated rings. The van der Waals surface area contributed by atoms with Gasteiger partial charge in [-0.3, -0.25) is 4.57 Å². The van der Waals surface area contributed by atoms with Crippen LogP contribution in [0.1, 0.15) is 41.0 Å². The van der Waals surface area contributed by atoms with E-state index in [-0.39, 0.29) is 11.8 Å². The van der Waals surface area contributed by atoms with E-state index in [2.05, 4.69) is 20.8 Å². The number of thioether (sulfide) groups is 1. The lowest BCUT2D eigenvalue weighted by Crippen LogP contribution is -2.33. The zero-order valence-electron chi connectivity index (χ0n) is 20.5. The molecule has 0 saturated carbocycles. The van der Waals surface area contributed by atoms with Crippen LogP contribution in [0.4, 0.5) is 14.9 Å². The van der Waals surface area contributed by atoms with Crippen LogP contribution < -0.4 is 10.6 Å². The van der Waals surface area contributed by atoms with Crippen LogP contribution in [0, 0.1) is 26.6 Å². The van der Waals surface area contributed by atoms with Crippen molar-refractivity contribution in [3.8, 4) is 5.69 Å². The van der Waals surface area contributed by atoms with Crippen LogP contribution in [0.25, 0.3) is 5.69 Å². The molecule has 0 aliphatic carbocycles. The van der Waals surface area contributed by atoms with Crippen molar-refractivity contribution in [2.24, 2.45) is 0 Å². The van der Waals surface area contributed by atoms with Gasteiger partial charge in [-0.2, -0.15) is 0 Å². The van der Waals surface area contributed by atoms with E-state index in [1.165, 1.54) is 23.9 Å². The number of hydrogen-bond acceptors (Lipinski definition) is 4. The van der Waals surface area contributed by atoms with Crippen molar-refractivity contribution in [3.05, 3.63) is 99.6 Å². The number of anilines is 1. The lowest BCUT2D eigenvalue weighted by molar-refractivity contribution is 0.248. The molecular weight excluding hydrogens is 497 g/mol. The van der Waals surface area contributed by atoms with Gasteiger partial charge >= 0.3 is 6.03 Å². The summed E-state index contributed by atoms with van der Waals surface area (Å²) in [4.78, 5) is 12.9. The predicted octanol–water partition coefficient (Wildman–Crippen LogP) is 7.16. The minimum absolute atomic E-state index is 0.275. The van der Waals surface area contributed by atoms with Crippen molar-refractivity contribution in [1.29, 1.82) is 0 Å². The number of para-hydroxylation sites is 1.